The molecule has 0 aliphatic rings. The second-order valence-electron chi connectivity index (χ2n) is 5.76. The largest absolute Gasteiger partial charge is 0.484 e. The molecule has 4 aromatic rings. The number of aryl methyl sites for hydroxylation is 1. The predicted molar refractivity (Wildman–Crippen MR) is 95.5 cm³/mol. The van der Waals surface area contributed by atoms with Crippen molar-refractivity contribution in [2.45, 2.75) is 13.5 Å². The standard InChI is InChI=1S/C20H14N4O3/c1-13-18(19(24-27-13)15-7-3-2-4-8-15)20-23-22-17(26-20)12-25-16-9-5-6-14(10-16)11-21/h2-10H,12H2,1H3. The second kappa shape index (κ2) is 7.14. The van der Waals surface area contributed by atoms with E-state index < -0.39 is 0 Å². The van der Waals surface area contributed by atoms with Gasteiger partial charge in [0.05, 0.1) is 11.6 Å². The molecule has 0 unspecified atom stereocenters. The lowest BCUT2D eigenvalue weighted by Crippen LogP contribution is -1.95. The first-order chi connectivity index (χ1) is 13.2. The molecular weight excluding hydrogens is 344 g/mol. The molecule has 2 aromatic carbocycles. The minimum absolute atomic E-state index is 0.0902. The normalized spacial score (nSPS) is 10.5. The molecule has 0 N–H and O–H groups in total. The van der Waals surface area contributed by atoms with Gasteiger partial charge in [-0.15, -0.1) is 10.2 Å². The molecule has 0 atom stereocenters. The summed E-state index contributed by atoms with van der Waals surface area (Å²) in [6.45, 7) is 1.88. The summed E-state index contributed by atoms with van der Waals surface area (Å²) in [7, 11) is 0. The van der Waals surface area contributed by atoms with E-state index in [2.05, 4.69) is 21.4 Å². The summed E-state index contributed by atoms with van der Waals surface area (Å²) in [5.74, 6) is 1.77. The highest BCUT2D eigenvalue weighted by molar-refractivity contribution is 5.77. The first-order valence-corrected chi connectivity index (χ1v) is 8.22. The molecule has 0 aliphatic carbocycles. The predicted octanol–water partition coefficient (Wildman–Crippen LogP) is 4.15. The number of aromatic nitrogens is 3. The molecule has 0 amide bonds. The van der Waals surface area contributed by atoms with E-state index in [0.717, 1.165) is 5.56 Å². The van der Waals surface area contributed by atoms with Crippen molar-refractivity contribution in [3.63, 3.8) is 0 Å². The fourth-order valence-corrected chi connectivity index (χ4v) is 2.63. The Morgan fingerprint density at radius 3 is 2.74 bits per heavy atom. The lowest BCUT2D eigenvalue weighted by Gasteiger charge is -2.02. The van der Waals surface area contributed by atoms with Crippen molar-refractivity contribution < 1.29 is 13.7 Å². The molecule has 0 aliphatic heterocycles. The van der Waals surface area contributed by atoms with Crippen LogP contribution < -0.4 is 4.74 Å². The van der Waals surface area contributed by atoms with Gasteiger partial charge in [-0.3, -0.25) is 0 Å². The van der Waals surface area contributed by atoms with E-state index in [1.807, 2.05) is 30.3 Å². The van der Waals surface area contributed by atoms with E-state index in [1.165, 1.54) is 0 Å². The highest BCUT2D eigenvalue weighted by atomic mass is 16.5. The van der Waals surface area contributed by atoms with Gasteiger partial charge in [-0.1, -0.05) is 41.6 Å². The highest BCUT2D eigenvalue weighted by Gasteiger charge is 2.22. The average Bonchev–Trinajstić information content (AvgIpc) is 3.33. The number of hydrogen-bond donors (Lipinski definition) is 0. The van der Waals surface area contributed by atoms with Gasteiger partial charge < -0.3 is 13.7 Å². The Kier molecular flexibility index (Phi) is 4.37. The molecule has 0 spiro atoms. The Balaban J connectivity index is 1.57. The van der Waals surface area contributed by atoms with E-state index in [4.69, 9.17) is 18.9 Å². The molecule has 4 rings (SSSR count). The van der Waals surface area contributed by atoms with Crippen LogP contribution in [0, 0.1) is 18.3 Å². The van der Waals surface area contributed by atoms with E-state index in [1.54, 1.807) is 31.2 Å². The van der Waals surface area contributed by atoms with Crippen LogP contribution in [0.25, 0.3) is 22.7 Å². The van der Waals surface area contributed by atoms with Crippen molar-refractivity contribution in [2.75, 3.05) is 0 Å². The van der Waals surface area contributed by atoms with Crippen molar-refractivity contribution in [1.29, 1.82) is 5.26 Å². The van der Waals surface area contributed by atoms with Crippen LogP contribution in [0.1, 0.15) is 17.2 Å². The first kappa shape index (κ1) is 16.5. The average molecular weight is 358 g/mol. The zero-order valence-corrected chi connectivity index (χ0v) is 14.4. The van der Waals surface area contributed by atoms with Crippen LogP contribution in [0.4, 0.5) is 0 Å². The summed E-state index contributed by atoms with van der Waals surface area (Å²) in [6, 6.07) is 18.6. The maximum atomic E-state index is 8.94. The molecule has 132 valence electrons. The Morgan fingerprint density at radius 1 is 1.07 bits per heavy atom. The van der Waals surface area contributed by atoms with E-state index in [-0.39, 0.29) is 6.61 Å². The molecule has 0 radical (unpaired) electrons. The molecule has 0 fully saturated rings. The zero-order chi connectivity index (χ0) is 18.6. The lowest BCUT2D eigenvalue weighted by atomic mass is 10.1. The van der Waals surface area contributed by atoms with Crippen molar-refractivity contribution in [3.05, 3.63) is 71.8 Å². The summed E-state index contributed by atoms with van der Waals surface area (Å²) < 4.78 is 16.7. The summed E-state index contributed by atoms with van der Waals surface area (Å²) in [5.41, 5.74) is 2.72. The minimum atomic E-state index is 0.0902. The van der Waals surface area contributed by atoms with Gasteiger partial charge in [0, 0.05) is 5.56 Å². The van der Waals surface area contributed by atoms with Crippen molar-refractivity contribution in [3.8, 4) is 34.5 Å². The van der Waals surface area contributed by atoms with Gasteiger partial charge >= 0.3 is 0 Å². The van der Waals surface area contributed by atoms with Gasteiger partial charge in [0.25, 0.3) is 11.8 Å². The second-order valence-corrected chi connectivity index (χ2v) is 5.76. The fourth-order valence-electron chi connectivity index (χ4n) is 2.63. The van der Waals surface area contributed by atoms with Crippen molar-refractivity contribution in [2.24, 2.45) is 0 Å². The maximum Gasteiger partial charge on any atom is 0.254 e. The Labute approximate surface area is 154 Å². The number of nitriles is 1. The van der Waals surface area contributed by atoms with E-state index in [9.17, 15) is 0 Å². The van der Waals surface area contributed by atoms with Gasteiger partial charge in [0.15, 0.2) is 6.61 Å². The molecule has 7 nitrogen and oxygen atoms in total. The maximum absolute atomic E-state index is 8.94. The topological polar surface area (TPSA) is 98.0 Å². The van der Waals surface area contributed by atoms with Crippen LogP contribution in [-0.4, -0.2) is 15.4 Å². The molecule has 27 heavy (non-hydrogen) atoms. The Morgan fingerprint density at radius 2 is 1.93 bits per heavy atom. The lowest BCUT2D eigenvalue weighted by molar-refractivity contribution is 0.264. The van der Waals surface area contributed by atoms with Gasteiger partial charge in [-0.2, -0.15) is 5.26 Å². The first-order valence-electron chi connectivity index (χ1n) is 8.22. The summed E-state index contributed by atoms with van der Waals surface area (Å²) in [4.78, 5) is 0. The van der Waals surface area contributed by atoms with E-state index in [0.29, 0.717) is 40.1 Å². The fraction of sp³-hybridized carbons (Fsp3) is 0.100. The zero-order valence-electron chi connectivity index (χ0n) is 14.4. The van der Waals surface area contributed by atoms with Gasteiger partial charge in [0.1, 0.15) is 22.8 Å². The van der Waals surface area contributed by atoms with Crippen LogP contribution >= 0.6 is 0 Å². The van der Waals surface area contributed by atoms with Crippen LogP contribution in [0.2, 0.25) is 0 Å². The Bertz CT molecular complexity index is 1110. The third kappa shape index (κ3) is 3.41. The number of benzene rings is 2. The van der Waals surface area contributed by atoms with Crippen LogP contribution in [0.5, 0.6) is 5.75 Å². The van der Waals surface area contributed by atoms with Crippen LogP contribution in [0.3, 0.4) is 0 Å². The van der Waals surface area contributed by atoms with Crippen LogP contribution in [-0.2, 0) is 6.61 Å². The number of hydrogen-bond acceptors (Lipinski definition) is 7. The highest BCUT2D eigenvalue weighted by Crippen LogP contribution is 2.33. The molecular formula is C20H14N4O3. The Hall–Kier alpha value is -3.92. The molecule has 7 heteroatoms. The molecule has 0 saturated heterocycles. The third-order valence-corrected chi connectivity index (χ3v) is 3.92. The van der Waals surface area contributed by atoms with Gasteiger partial charge in [-0.05, 0) is 25.1 Å². The SMILES string of the molecule is Cc1onc(-c2ccccc2)c1-c1nnc(COc2cccc(C#N)c2)o1. The summed E-state index contributed by atoms with van der Waals surface area (Å²) in [5, 5.41) is 21.2. The van der Waals surface area contributed by atoms with Crippen molar-refractivity contribution >= 4 is 0 Å². The molecule has 2 aromatic heterocycles. The smallest absolute Gasteiger partial charge is 0.254 e. The van der Waals surface area contributed by atoms with Gasteiger partial charge in [-0.25, -0.2) is 0 Å². The number of nitrogens with zero attached hydrogens (tertiary/aromatic N) is 4. The summed E-state index contributed by atoms with van der Waals surface area (Å²) >= 11 is 0. The number of rotatable bonds is 5. The van der Waals surface area contributed by atoms with Crippen molar-refractivity contribution in [1.82, 2.24) is 15.4 Å². The van der Waals surface area contributed by atoms with E-state index >= 15 is 0 Å². The molecule has 0 saturated carbocycles. The minimum Gasteiger partial charge on any atom is -0.484 e. The quantitative estimate of drug-likeness (QED) is 0.528. The third-order valence-electron chi connectivity index (χ3n) is 3.92. The monoisotopic (exact) mass is 358 g/mol. The summed E-state index contributed by atoms with van der Waals surface area (Å²) in [6.07, 6.45) is 0. The van der Waals surface area contributed by atoms with Gasteiger partial charge in [0.2, 0.25) is 0 Å². The molecule has 0 bridgehead atoms. The molecule has 2 heterocycles. The number of ether oxygens (including phenoxy) is 1. The van der Waals surface area contributed by atoms with Crippen LogP contribution in [0.15, 0.2) is 63.5 Å².